The Labute approximate surface area is 165 Å². The van der Waals surface area contributed by atoms with Crippen molar-refractivity contribution in [3.05, 3.63) is 78.2 Å². The van der Waals surface area contributed by atoms with E-state index in [0.717, 1.165) is 11.3 Å². The second-order valence-electron chi connectivity index (χ2n) is 7.33. The number of hydrogen-bond acceptors (Lipinski definition) is 4. The van der Waals surface area contributed by atoms with Gasteiger partial charge in [0.25, 0.3) is 10.0 Å². The van der Waals surface area contributed by atoms with Gasteiger partial charge in [-0.2, -0.15) is 4.31 Å². The first-order valence-corrected chi connectivity index (χ1v) is 10.7. The van der Waals surface area contributed by atoms with Crippen molar-refractivity contribution >= 4 is 15.7 Å². The molecular formula is C21H24N4O2S. The van der Waals surface area contributed by atoms with Gasteiger partial charge in [-0.15, -0.1) is 0 Å². The molecule has 2 atom stereocenters. The fourth-order valence-corrected chi connectivity index (χ4v) is 5.12. The average molecular weight is 397 g/mol. The molecule has 2 unspecified atom stereocenters. The smallest absolute Gasteiger partial charge is 0.262 e. The quantitative estimate of drug-likeness (QED) is 0.720. The largest absolute Gasteiger partial charge is 0.380 e. The maximum atomic E-state index is 13.1. The molecule has 1 saturated heterocycles. The summed E-state index contributed by atoms with van der Waals surface area (Å²) in [4.78, 5) is 4.06. The van der Waals surface area contributed by atoms with Crippen molar-refractivity contribution in [1.82, 2.24) is 13.9 Å². The molecule has 3 aromatic rings. The van der Waals surface area contributed by atoms with Crippen LogP contribution in [0.25, 0.3) is 0 Å². The van der Waals surface area contributed by atoms with Crippen molar-refractivity contribution in [2.75, 3.05) is 18.4 Å². The highest BCUT2D eigenvalue weighted by Gasteiger charge is 2.40. The summed E-state index contributed by atoms with van der Waals surface area (Å²) in [5.41, 5.74) is 3.32. The van der Waals surface area contributed by atoms with Crippen molar-refractivity contribution in [3.8, 4) is 0 Å². The number of imidazole rings is 1. The zero-order chi connectivity index (χ0) is 19.7. The summed E-state index contributed by atoms with van der Waals surface area (Å²) < 4.78 is 29.4. The second kappa shape index (κ2) is 7.41. The molecule has 0 radical (unpaired) electrons. The molecule has 146 valence electrons. The standard InChI is InChI=1S/C21H24N4O2S/c1-16-8-10-18(11-9-16)23-20-13-25(12-19(20)17-6-4-3-5-7-17)28(26,27)21-14-24(2)15-22-21/h3-11,14-15,19-20,23H,12-13H2,1-2H3. The molecule has 0 spiro atoms. The Hall–Kier alpha value is -2.64. The summed E-state index contributed by atoms with van der Waals surface area (Å²) >= 11 is 0. The van der Waals surface area contributed by atoms with Crippen LogP contribution in [0.2, 0.25) is 0 Å². The number of benzene rings is 2. The van der Waals surface area contributed by atoms with E-state index < -0.39 is 10.0 Å². The summed E-state index contributed by atoms with van der Waals surface area (Å²) in [5.74, 6) is 0.0565. The van der Waals surface area contributed by atoms with E-state index in [4.69, 9.17) is 0 Å². The summed E-state index contributed by atoms with van der Waals surface area (Å²) in [7, 11) is -1.86. The van der Waals surface area contributed by atoms with Crippen LogP contribution >= 0.6 is 0 Å². The molecule has 28 heavy (non-hydrogen) atoms. The van der Waals surface area contributed by atoms with E-state index in [9.17, 15) is 8.42 Å². The number of hydrogen-bond donors (Lipinski definition) is 1. The van der Waals surface area contributed by atoms with E-state index >= 15 is 0 Å². The molecule has 2 heterocycles. The molecule has 7 heteroatoms. The lowest BCUT2D eigenvalue weighted by molar-refractivity contribution is 0.468. The maximum absolute atomic E-state index is 13.1. The van der Waals surface area contributed by atoms with E-state index in [1.54, 1.807) is 22.1 Å². The predicted octanol–water partition coefficient (Wildman–Crippen LogP) is 3.00. The van der Waals surface area contributed by atoms with Gasteiger partial charge < -0.3 is 9.88 Å². The first-order chi connectivity index (χ1) is 13.4. The van der Waals surface area contributed by atoms with Gasteiger partial charge in [-0.3, -0.25) is 0 Å². The minimum absolute atomic E-state index is 0.0245. The van der Waals surface area contributed by atoms with E-state index in [-0.39, 0.29) is 17.0 Å². The highest BCUT2D eigenvalue weighted by atomic mass is 32.2. The van der Waals surface area contributed by atoms with Crippen LogP contribution in [0.3, 0.4) is 0 Å². The molecule has 0 bridgehead atoms. The van der Waals surface area contributed by atoms with Gasteiger partial charge in [-0.25, -0.2) is 13.4 Å². The van der Waals surface area contributed by atoms with Crippen molar-refractivity contribution in [3.63, 3.8) is 0 Å². The Bertz CT molecular complexity index is 1050. The van der Waals surface area contributed by atoms with Crippen molar-refractivity contribution in [2.24, 2.45) is 7.05 Å². The van der Waals surface area contributed by atoms with Crippen molar-refractivity contribution < 1.29 is 8.42 Å². The Morgan fingerprint density at radius 1 is 1.04 bits per heavy atom. The van der Waals surface area contributed by atoms with Crippen LogP contribution in [0, 0.1) is 6.92 Å². The van der Waals surface area contributed by atoms with Crippen LogP contribution in [0.4, 0.5) is 5.69 Å². The molecule has 4 rings (SSSR count). The van der Waals surface area contributed by atoms with Crippen LogP contribution in [0.15, 0.2) is 72.1 Å². The first kappa shape index (κ1) is 18.7. The minimum atomic E-state index is -3.63. The number of sulfonamides is 1. The molecular weight excluding hydrogens is 372 g/mol. The second-order valence-corrected chi connectivity index (χ2v) is 9.22. The highest BCUT2D eigenvalue weighted by molar-refractivity contribution is 7.89. The molecule has 2 aromatic carbocycles. The van der Waals surface area contributed by atoms with Crippen LogP contribution < -0.4 is 5.32 Å². The third-order valence-electron chi connectivity index (χ3n) is 5.20. The molecule has 1 aliphatic rings. The molecule has 0 amide bonds. The maximum Gasteiger partial charge on any atom is 0.262 e. The number of nitrogens with zero attached hydrogens (tertiary/aromatic N) is 3. The van der Waals surface area contributed by atoms with Gasteiger partial charge in [-0.05, 0) is 24.6 Å². The summed E-state index contributed by atoms with van der Waals surface area (Å²) in [5, 5.41) is 3.64. The Balaban J connectivity index is 1.64. The normalized spacial score (nSPS) is 20.4. The van der Waals surface area contributed by atoms with Crippen LogP contribution in [-0.4, -0.2) is 41.4 Å². The molecule has 1 N–H and O–H groups in total. The zero-order valence-electron chi connectivity index (χ0n) is 16.0. The summed E-state index contributed by atoms with van der Waals surface area (Å²) in [6, 6.07) is 18.2. The van der Waals surface area contributed by atoms with E-state index in [2.05, 4.69) is 34.6 Å². The highest BCUT2D eigenvalue weighted by Crippen LogP contribution is 2.33. The minimum Gasteiger partial charge on any atom is -0.380 e. The van der Waals surface area contributed by atoms with Crippen LogP contribution in [-0.2, 0) is 17.1 Å². The van der Waals surface area contributed by atoms with Crippen molar-refractivity contribution in [2.45, 2.75) is 23.9 Å². The van der Waals surface area contributed by atoms with Gasteiger partial charge in [0.2, 0.25) is 0 Å². The van der Waals surface area contributed by atoms with Gasteiger partial charge in [0.1, 0.15) is 0 Å². The summed E-state index contributed by atoms with van der Waals surface area (Å²) in [6.07, 6.45) is 3.06. The van der Waals surface area contributed by atoms with Gasteiger partial charge in [-0.1, -0.05) is 48.0 Å². The SMILES string of the molecule is Cc1ccc(NC2CN(S(=O)(=O)c3cn(C)cn3)CC2c2ccccc2)cc1. The number of nitrogens with one attached hydrogen (secondary N) is 1. The number of rotatable bonds is 5. The Kier molecular flexibility index (Phi) is 4.95. The topological polar surface area (TPSA) is 67.2 Å². The van der Waals surface area contributed by atoms with E-state index in [1.807, 2.05) is 37.3 Å². The molecule has 6 nitrogen and oxygen atoms in total. The van der Waals surface area contributed by atoms with Gasteiger partial charge in [0, 0.05) is 44.0 Å². The summed E-state index contributed by atoms with van der Waals surface area (Å²) in [6.45, 7) is 2.87. The lowest BCUT2D eigenvalue weighted by Crippen LogP contribution is -2.32. The number of aryl methyl sites for hydroxylation is 2. The number of anilines is 1. The molecule has 0 aliphatic carbocycles. The van der Waals surface area contributed by atoms with Crippen molar-refractivity contribution in [1.29, 1.82) is 0 Å². The monoisotopic (exact) mass is 396 g/mol. The van der Waals surface area contributed by atoms with Gasteiger partial charge in [0.15, 0.2) is 5.03 Å². The zero-order valence-corrected chi connectivity index (χ0v) is 16.8. The lowest BCUT2D eigenvalue weighted by atomic mass is 9.94. The molecule has 1 aromatic heterocycles. The van der Waals surface area contributed by atoms with E-state index in [1.165, 1.54) is 11.9 Å². The fourth-order valence-electron chi connectivity index (χ4n) is 3.67. The van der Waals surface area contributed by atoms with Crippen LogP contribution in [0.1, 0.15) is 17.0 Å². The Morgan fingerprint density at radius 3 is 2.39 bits per heavy atom. The van der Waals surface area contributed by atoms with E-state index in [0.29, 0.717) is 13.1 Å². The molecule has 1 fully saturated rings. The third kappa shape index (κ3) is 3.68. The molecule has 1 aliphatic heterocycles. The predicted molar refractivity (Wildman–Crippen MR) is 110 cm³/mol. The third-order valence-corrected chi connectivity index (χ3v) is 6.92. The molecule has 0 saturated carbocycles. The van der Waals surface area contributed by atoms with Crippen LogP contribution in [0.5, 0.6) is 0 Å². The Morgan fingerprint density at radius 2 is 1.75 bits per heavy atom. The fraction of sp³-hybridized carbons (Fsp3) is 0.286. The van der Waals surface area contributed by atoms with Gasteiger partial charge >= 0.3 is 0 Å². The lowest BCUT2D eigenvalue weighted by Gasteiger charge is -2.21. The first-order valence-electron chi connectivity index (χ1n) is 9.30. The average Bonchev–Trinajstić information content (AvgIpc) is 3.32. The van der Waals surface area contributed by atoms with Gasteiger partial charge in [0.05, 0.1) is 6.33 Å². The number of aromatic nitrogens is 2.